The third-order valence-corrected chi connectivity index (χ3v) is 3.26. The number of isocyanates is 1. The second kappa shape index (κ2) is 6.69. The van der Waals surface area contributed by atoms with E-state index in [2.05, 4.69) is 4.99 Å². The first-order valence-electron chi connectivity index (χ1n) is 6.49. The van der Waals surface area contributed by atoms with Crippen LogP contribution in [0.5, 0.6) is 5.75 Å². The van der Waals surface area contributed by atoms with E-state index in [4.69, 9.17) is 4.74 Å². The number of rotatable bonds is 5. The predicted octanol–water partition coefficient (Wildman–Crippen LogP) is 3.62. The fourth-order valence-electron chi connectivity index (χ4n) is 2.08. The van der Waals surface area contributed by atoms with Crippen molar-refractivity contribution in [3.8, 4) is 5.75 Å². The molecule has 0 amide bonds. The van der Waals surface area contributed by atoms with Crippen LogP contribution in [0.25, 0.3) is 0 Å². The topological polar surface area (TPSA) is 38.7 Å². The Balaban J connectivity index is 2.20. The van der Waals surface area contributed by atoms with Gasteiger partial charge < -0.3 is 4.74 Å². The van der Waals surface area contributed by atoms with Gasteiger partial charge in [0.25, 0.3) is 0 Å². The van der Waals surface area contributed by atoms with Crippen molar-refractivity contribution < 1.29 is 9.53 Å². The lowest BCUT2D eigenvalue weighted by atomic mass is 9.98. The quantitative estimate of drug-likeness (QED) is 0.613. The van der Waals surface area contributed by atoms with E-state index >= 15 is 0 Å². The summed E-state index contributed by atoms with van der Waals surface area (Å²) < 4.78 is 5.13. The molecule has 2 aromatic rings. The summed E-state index contributed by atoms with van der Waals surface area (Å²) in [4.78, 5) is 14.6. The number of aliphatic imine (C=N–C) groups is 1. The van der Waals surface area contributed by atoms with Crippen molar-refractivity contribution in [1.82, 2.24) is 0 Å². The van der Waals surface area contributed by atoms with Crippen molar-refractivity contribution in [1.29, 1.82) is 0 Å². The van der Waals surface area contributed by atoms with Crippen LogP contribution in [-0.4, -0.2) is 13.2 Å². The third kappa shape index (κ3) is 3.56. The lowest BCUT2D eigenvalue weighted by Gasteiger charge is -2.12. The molecule has 0 aromatic heterocycles. The van der Waals surface area contributed by atoms with Gasteiger partial charge in [-0.15, -0.1) is 0 Å². The summed E-state index contributed by atoms with van der Waals surface area (Å²) >= 11 is 0. The van der Waals surface area contributed by atoms with Crippen LogP contribution in [0.1, 0.15) is 22.7 Å². The van der Waals surface area contributed by atoms with E-state index < -0.39 is 0 Å². The van der Waals surface area contributed by atoms with E-state index in [1.54, 1.807) is 13.2 Å². The van der Waals surface area contributed by atoms with E-state index in [9.17, 15) is 4.79 Å². The molecule has 0 radical (unpaired) electrons. The number of nitrogens with zero attached hydrogens (tertiary/aromatic N) is 1. The molecule has 2 aromatic carbocycles. The smallest absolute Gasteiger partial charge is 0.235 e. The molecule has 0 aliphatic carbocycles. The molecule has 0 heterocycles. The molecule has 1 unspecified atom stereocenters. The minimum Gasteiger partial charge on any atom is -0.497 e. The first-order valence-corrected chi connectivity index (χ1v) is 6.49. The van der Waals surface area contributed by atoms with Gasteiger partial charge in [0.15, 0.2) is 0 Å². The Morgan fingerprint density at radius 2 is 1.75 bits per heavy atom. The molecule has 2 rings (SSSR count). The fraction of sp³-hybridized carbons (Fsp3) is 0.235. The molecule has 102 valence electrons. The molecule has 0 aliphatic rings. The highest BCUT2D eigenvalue weighted by Gasteiger charge is 2.11. The largest absolute Gasteiger partial charge is 0.497 e. The molecule has 1 atom stereocenters. The number of hydrogen-bond donors (Lipinski definition) is 0. The van der Waals surface area contributed by atoms with E-state index in [1.807, 2.05) is 55.5 Å². The minimum absolute atomic E-state index is 0.193. The molecule has 0 N–H and O–H groups in total. The van der Waals surface area contributed by atoms with Crippen molar-refractivity contribution in [2.75, 3.05) is 7.11 Å². The molecule has 0 aliphatic heterocycles. The Morgan fingerprint density at radius 1 is 1.10 bits per heavy atom. The van der Waals surface area contributed by atoms with Crippen LogP contribution in [0.2, 0.25) is 0 Å². The Hall–Kier alpha value is -2.38. The summed E-state index contributed by atoms with van der Waals surface area (Å²) in [5.41, 5.74) is 3.32. The van der Waals surface area contributed by atoms with Crippen LogP contribution in [0, 0.1) is 6.92 Å². The van der Waals surface area contributed by atoms with E-state index in [0.717, 1.165) is 16.9 Å². The standard InChI is InChI=1S/C17H17NO2/c1-13-3-7-15(8-4-13)17(18-12-19)11-14-5-9-16(20-2)10-6-14/h3-10,17H,11H2,1-2H3. The normalized spacial score (nSPS) is 11.5. The number of benzene rings is 2. The van der Waals surface area contributed by atoms with Crippen LogP contribution in [-0.2, 0) is 11.2 Å². The maximum Gasteiger partial charge on any atom is 0.235 e. The first-order chi connectivity index (χ1) is 9.72. The van der Waals surface area contributed by atoms with Crippen LogP contribution < -0.4 is 4.74 Å². The Labute approximate surface area is 118 Å². The summed E-state index contributed by atoms with van der Waals surface area (Å²) in [5, 5.41) is 0. The number of aryl methyl sites for hydroxylation is 1. The maximum atomic E-state index is 10.6. The van der Waals surface area contributed by atoms with Gasteiger partial charge in [0.05, 0.1) is 13.2 Å². The van der Waals surface area contributed by atoms with Crippen molar-refractivity contribution >= 4 is 6.08 Å². The molecule has 0 spiro atoms. The highest BCUT2D eigenvalue weighted by molar-refractivity contribution is 5.37. The van der Waals surface area contributed by atoms with Gasteiger partial charge in [0.2, 0.25) is 6.08 Å². The van der Waals surface area contributed by atoms with Gasteiger partial charge in [0.1, 0.15) is 5.75 Å². The fourth-order valence-corrected chi connectivity index (χ4v) is 2.08. The van der Waals surface area contributed by atoms with Gasteiger partial charge in [-0.1, -0.05) is 42.0 Å². The highest BCUT2D eigenvalue weighted by Crippen LogP contribution is 2.23. The molecule has 3 heteroatoms. The average molecular weight is 267 g/mol. The SMILES string of the molecule is COc1ccc(CC(N=C=O)c2ccc(C)cc2)cc1. The number of ether oxygens (including phenoxy) is 1. The molecule has 3 nitrogen and oxygen atoms in total. The van der Waals surface area contributed by atoms with Gasteiger partial charge in [-0.05, 0) is 36.6 Å². The zero-order chi connectivity index (χ0) is 14.4. The minimum atomic E-state index is -0.193. The first kappa shape index (κ1) is 14.0. The summed E-state index contributed by atoms with van der Waals surface area (Å²) in [6, 6.07) is 15.7. The van der Waals surface area contributed by atoms with Crippen molar-refractivity contribution in [2.24, 2.45) is 4.99 Å². The second-order valence-electron chi connectivity index (χ2n) is 4.70. The average Bonchev–Trinajstić information content (AvgIpc) is 2.48. The Kier molecular flexibility index (Phi) is 4.70. The zero-order valence-corrected chi connectivity index (χ0v) is 11.7. The monoisotopic (exact) mass is 267 g/mol. The predicted molar refractivity (Wildman–Crippen MR) is 78.7 cm³/mol. The summed E-state index contributed by atoms with van der Waals surface area (Å²) in [7, 11) is 1.64. The van der Waals surface area contributed by atoms with Crippen molar-refractivity contribution in [3.63, 3.8) is 0 Å². The van der Waals surface area contributed by atoms with Crippen LogP contribution in [0.4, 0.5) is 0 Å². The van der Waals surface area contributed by atoms with E-state index in [1.165, 1.54) is 5.56 Å². The molecular weight excluding hydrogens is 250 g/mol. The summed E-state index contributed by atoms with van der Waals surface area (Å²) in [6.07, 6.45) is 2.34. The van der Waals surface area contributed by atoms with Crippen LogP contribution in [0.3, 0.4) is 0 Å². The van der Waals surface area contributed by atoms with Gasteiger partial charge >= 0.3 is 0 Å². The molecule has 20 heavy (non-hydrogen) atoms. The molecule has 0 saturated heterocycles. The Bertz CT molecular complexity index is 596. The third-order valence-electron chi connectivity index (χ3n) is 3.26. The lowest BCUT2D eigenvalue weighted by Crippen LogP contribution is -2.00. The number of methoxy groups -OCH3 is 1. The van der Waals surface area contributed by atoms with Gasteiger partial charge in [0, 0.05) is 0 Å². The number of carbonyl (C=O) groups excluding carboxylic acids is 1. The maximum absolute atomic E-state index is 10.6. The van der Waals surface area contributed by atoms with Gasteiger partial charge in [-0.2, -0.15) is 4.99 Å². The molecule has 0 fully saturated rings. The van der Waals surface area contributed by atoms with Gasteiger partial charge in [-0.25, -0.2) is 4.79 Å². The van der Waals surface area contributed by atoms with Crippen LogP contribution >= 0.6 is 0 Å². The van der Waals surface area contributed by atoms with Crippen molar-refractivity contribution in [3.05, 3.63) is 65.2 Å². The van der Waals surface area contributed by atoms with Gasteiger partial charge in [-0.3, -0.25) is 0 Å². The lowest BCUT2D eigenvalue weighted by molar-refractivity contribution is 0.414. The second-order valence-corrected chi connectivity index (χ2v) is 4.70. The zero-order valence-electron chi connectivity index (χ0n) is 11.7. The van der Waals surface area contributed by atoms with E-state index in [0.29, 0.717) is 6.42 Å². The Morgan fingerprint density at radius 3 is 2.30 bits per heavy atom. The van der Waals surface area contributed by atoms with Crippen molar-refractivity contribution in [2.45, 2.75) is 19.4 Å². The molecular formula is C17H17NO2. The summed E-state index contributed by atoms with van der Waals surface area (Å²) in [5.74, 6) is 0.819. The highest BCUT2D eigenvalue weighted by atomic mass is 16.5. The molecule has 0 bridgehead atoms. The van der Waals surface area contributed by atoms with Crippen LogP contribution in [0.15, 0.2) is 53.5 Å². The summed E-state index contributed by atoms with van der Waals surface area (Å²) in [6.45, 7) is 2.03. The molecule has 0 saturated carbocycles. The van der Waals surface area contributed by atoms with E-state index in [-0.39, 0.29) is 6.04 Å². The number of hydrogen-bond acceptors (Lipinski definition) is 3.